The van der Waals surface area contributed by atoms with Crippen LogP contribution in [-0.2, 0) is 12.7 Å². The Morgan fingerprint density at radius 1 is 1.10 bits per heavy atom. The standard InChI is InChI=1S/C15H13ClF3N/c1-9-6-12(15(17,18)19)4-5-13(9)10-2-3-11(8-20)14(16)7-10/h2-7H,8,20H2,1H3. The average molecular weight is 300 g/mol. The largest absolute Gasteiger partial charge is 0.416 e. The van der Waals surface area contributed by atoms with Crippen LogP contribution in [0.1, 0.15) is 16.7 Å². The van der Waals surface area contributed by atoms with Crippen LogP contribution in [0.15, 0.2) is 36.4 Å². The van der Waals surface area contributed by atoms with Crippen molar-refractivity contribution in [1.29, 1.82) is 0 Å². The molecule has 0 aliphatic heterocycles. The molecule has 0 heterocycles. The van der Waals surface area contributed by atoms with E-state index in [1.807, 2.05) is 6.07 Å². The van der Waals surface area contributed by atoms with Gasteiger partial charge in [0.25, 0.3) is 0 Å². The van der Waals surface area contributed by atoms with Gasteiger partial charge in [-0.05, 0) is 47.4 Å². The molecule has 0 radical (unpaired) electrons. The zero-order valence-corrected chi connectivity index (χ0v) is 11.5. The molecule has 2 aromatic carbocycles. The molecule has 0 saturated carbocycles. The molecule has 0 unspecified atom stereocenters. The molecule has 0 fully saturated rings. The molecule has 5 heteroatoms. The molecule has 0 aliphatic rings. The summed E-state index contributed by atoms with van der Waals surface area (Å²) >= 11 is 6.08. The summed E-state index contributed by atoms with van der Waals surface area (Å²) in [4.78, 5) is 0. The van der Waals surface area contributed by atoms with Crippen molar-refractivity contribution in [3.05, 3.63) is 58.1 Å². The van der Waals surface area contributed by atoms with E-state index >= 15 is 0 Å². The van der Waals surface area contributed by atoms with Gasteiger partial charge in [0.15, 0.2) is 0 Å². The van der Waals surface area contributed by atoms with Crippen molar-refractivity contribution in [3.8, 4) is 11.1 Å². The van der Waals surface area contributed by atoms with Gasteiger partial charge in [-0.2, -0.15) is 13.2 Å². The molecule has 2 N–H and O–H groups in total. The first-order chi connectivity index (χ1) is 9.32. The summed E-state index contributed by atoms with van der Waals surface area (Å²) < 4.78 is 37.9. The topological polar surface area (TPSA) is 26.0 Å². The SMILES string of the molecule is Cc1cc(C(F)(F)F)ccc1-c1ccc(CN)c(Cl)c1. The predicted octanol–water partition coefficient (Wildman–Crippen LogP) is 4.79. The highest BCUT2D eigenvalue weighted by molar-refractivity contribution is 6.31. The van der Waals surface area contributed by atoms with Crippen molar-refractivity contribution in [2.45, 2.75) is 19.6 Å². The number of halogens is 4. The minimum atomic E-state index is -4.33. The van der Waals surface area contributed by atoms with Gasteiger partial charge in [0.2, 0.25) is 0 Å². The maximum absolute atomic E-state index is 12.6. The second-order valence-corrected chi connectivity index (χ2v) is 4.94. The minimum Gasteiger partial charge on any atom is -0.326 e. The summed E-state index contributed by atoms with van der Waals surface area (Å²) in [5.41, 5.74) is 7.74. The Labute approximate surface area is 120 Å². The maximum atomic E-state index is 12.6. The van der Waals surface area contributed by atoms with E-state index in [-0.39, 0.29) is 0 Å². The lowest BCUT2D eigenvalue weighted by molar-refractivity contribution is -0.137. The van der Waals surface area contributed by atoms with Crippen molar-refractivity contribution < 1.29 is 13.2 Å². The smallest absolute Gasteiger partial charge is 0.326 e. The van der Waals surface area contributed by atoms with Crippen LogP contribution in [0.4, 0.5) is 13.2 Å². The number of benzene rings is 2. The maximum Gasteiger partial charge on any atom is 0.416 e. The first-order valence-electron chi connectivity index (χ1n) is 5.99. The Morgan fingerprint density at radius 3 is 2.30 bits per heavy atom. The van der Waals surface area contributed by atoms with Crippen molar-refractivity contribution in [2.24, 2.45) is 5.73 Å². The van der Waals surface area contributed by atoms with Crippen LogP contribution in [0.3, 0.4) is 0 Å². The average Bonchev–Trinajstić information content (AvgIpc) is 2.37. The second kappa shape index (κ2) is 5.46. The summed E-state index contributed by atoms with van der Waals surface area (Å²) in [6, 6.07) is 9.00. The number of rotatable bonds is 2. The summed E-state index contributed by atoms with van der Waals surface area (Å²) in [5.74, 6) is 0. The van der Waals surface area contributed by atoms with Gasteiger partial charge in [0.1, 0.15) is 0 Å². The molecule has 106 valence electrons. The molecule has 0 spiro atoms. The molecule has 0 bridgehead atoms. The van der Waals surface area contributed by atoms with Crippen LogP contribution >= 0.6 is 11.6 Å². The van der Waals surface area contributed by atoms with Gasteiger partial charge >= 0.3 is 6.18 Å². The van der Waals surface area contributed by atoms with E-state index in [2.05, 4.69) is 0 Å². The van der Waals surface area contributed by atoms with E-state index in [0.717, 1.165) is 28.8 Å². The Hall–Kier alpha value is -1.52. The lowest BCUT2D eigenvalue weighted by Crippen LogP contribution is -2.05. The highest BCUT2D eigenvalue weighted by atomic mass is 35.5. The molecule has 20 heavy (non-hydrogen) atoms. The minimum absolute atomic E-state index is 0.325. The van der Waals surface area contributed by atoms with Gasteiger partial charge in [-0.15, -0.1) is 0 Å². The van der Waals surface area contributed by atoms with Crippen molar-refractivity contribution in [1.82, 2.24) is 0 Å². The molecule has 0 aromatic heterocycles. The normalized spacial score (nSPS) is 11.7. The third kappa shape index (κ3) is 2.97. The van der Waals surface area contributed by atoms with E-state index < -0.39 is 11.7 Å². The molecule has 1 nitrogen and oxygen atoms in total. The molecule has 0 saturated heterocycles. The van der Waals surface area contributed by atoms with Crippen LogP contribution in [0.5, 0.6) is 0 Å². The number of aryl methyl sites for hydroxylation is 1. The van der Waals surface area contributed by atoms with Crippen molar-refractivity contribution >= 4 is 11.6 Å². The molecule has 0 amide bonds. The fraction of sp³-hybridized carbons (Fsp3) is 0.200. The first kappa shape index (κ1) is 14.9. The summed E-state index contributed by atoms with van der Waals surface area (Å²) in [5, 5.41) is 0.518. The summed E-state index contributed by atoms with van der Waals surface area (Å²) in [7, 11) is 0. The highest BCUT2D eigenvalue weighted by Gasteiger charge is 2.30. The lowest BCUT2D eigenvalue weighted by Gasteiger charge is -2.12. The predicted molar refractivity (Wildman–Crippen MR) is 74.5 cm³/mol. The van der Waals surface area contributed by atoms with Gasteiger partial charge in [0, 0.05) is 11.6 Å². The molecule has 2 aromatic rings. The number of hydrogen-bond donors (Lipinski definition) is 1. The summed E-state index contributed by atoms with van der Waals surface area (Å²) in [6.07, 6.45) is -4.33. The quantitative estimate of drug-likeness (QED) is 0.847. The number of alkyl halides is 3. The third-order valence-corrected chi connectivity index (χ3v) is 3.49. The monoisotopic (exact) mass is 299 g/mol. The van der Waals surface area contributed by atoms with Crippen LogP contribution < -0.4 is 5.73 Å². The van der Waals surface area contributed by atoms with Gasteiger partial charge in [-0.25, -0.2) is 0 Å². The van der Waals surface area contributed by atoms with Crippen LogP contribution in [0, 0.1) is 6.92 Å². The fourth-order valence-corrected chi connectivity index (χ4v) is 2.30. The highest BCUT2D eigenvalue weighted by Crippen LogP contribution is 2.34. The Balaban J connectivity index is 2.46. The third-order valence-electron chi connectivity index (χ3n) is 3.14. The molecule has 2 rings (SSSR count). The first-order valence-corrected chi connectivity index (χ1v) is 6.37. The molecule has 0 aliphatic carbocycles. The second-order valence-electron chi connectivity index (χ2n) is 4.54. The lowest BCUT2D eigenvalue weighted by atomic mass is 9.97. The zero-order valence-electron chi connectivity index (χ0n) is 10.8. The van der Waals surface area contributed by atoms with Crippen LogP contribution in [0.25, 0.3) is 11.1 Å². The number of nitrogens with two attached hydrogens (primary N) is 1. The van der Waals surface area contributed by atoms with Crippen molar-refractivity contribution in [3.63, 3.8) is 0 Å². The van der Waals surface area contributed by atoms with E-state index in [0.29, 0.717) is 17.1 Å². The molecular weight excluding hydrogens is 287 g/mol. The van der Waals surface area contributed by atoms with Crippen molar-refractivity contribution in [2.75, 3.05) is 0 Å². The van der Waals surface area contributed by atoms with E-state index in [4.69, 9.17) is 17.3 Å². The van der Waals surface area contributed by atoms with E-state index in [1.165, 1.54) is 6.07 Å². The van der Waals surface area contributed by atoms with Gasteiger partial charge in [-0.3, -0.25) is 0 Å². The van der Waals surface area contributed by atoms with Gasteiger partial charge in [0.05, 0.1) is 5.56 Å². The van der Waals surface area contributed by atoms with Crippen LogP contribution in [-0.4, -0.2) is 0 Å². The Bertz CT molecular complexity index is 636. The van der Waals surface area contributed by atoms with Gasteiger partial charge < -0.3 is 5.73 Å². The Kier molecular flexibility index (Phi) is 4.06. The molecule has 0 atom stereocenters. The fourth-order valence-electron chi connectivity index (χ4n) is 2.04. The van der Waals surface area contributed by atoms with Gasteiger partial charge in [-0.1, -0.05) is 29.8 Å². The van der Waals surface area contributed by atoms with E-state index in [1.54, 1.807) is 19.1 Å². The summed E-state index contributed by atoms with van der Waals surface area (Å²) in [6.45, 7) is 1.97. The molecular formula is C15H13ClF3N. The van der Waals surface area contributed by atoms with E-state index in [9.17, 15) is 13.2 Å². The number of hydrogen-bond acceptors (Lipinski definition) is 1. The van der Waals surface area contributed by atoms with Crippen LogP contribution in [0.2, 0.25) is 5.02 Å². The zero-order chi connectivity index (χ0) is 14.9. The Morgan fingerprint density at radius 2 is 1.80 bits per heavy atom.